The van der Waals surface area contributed by atoms with Gasteiger partial charge in [0.05, 0.1) is 11.2 Å². The highest BCUT2D eigenvalue weighted by molar-refractivity contribution is 5.89. The minimum Gasteiger partial charge on any atom is -0.456 e. The molecule has 0 aromatic heterocycles. The molecular weight excluding hydrogens is 316 g/mol. The first kappa shape index (κ1) is 20.0. The van der Waals surface area contributed by atoms with Crippen LogP contribution in [0.25, 0.3) is 0 Å². The molecule has 4 heteroatoms. The highest BCUT2D eigenvalue weighted by Gasteiger charge is 2.44. The lowest BCUT2D eigenvalue weighted by molar-refractivity contribution is -0.212. The molecule has 4 nitrogen and oxygen atoms in total. The van der Waals surface area contributed by atoms with Gasteiger partial charge in [-0.05, 0) is 51.9 Å². The van der Waals surface area contributed by atoms with Gasteiger partial charge in [0, 0.05) is 26.9 Å². The molecule has 0 saturated heterocycles. The van der Waals surface area contributed by atoms with Crippen molar-refractivity contribution in [1.82, 2.24) is 0 Å². The van der Waals surface area contributed by atoms with E-state index in [1.165, 1.54) is 5.57 Å². The number of ether oxygens (including phenoxy) is 3. The van der Waals surface area contributed by atoms with Gasteiger partial charge < -0.3 is 14.2 Å². The lowest BCUT2D eigenvalue weighted by atomic mass is 9.67. The topological polar surface area (TPSA) is 44.8 Å². The van der Waals surface area contributed by atoms with E-state index in [2.05, 4.69) is 33.8 Å². The Hall–Kier alpha value is -1.29. The van der Waals surface area contributed by atoms with Crippen molar-refractivity contribution < 1.29 is 19.0 Å². The molecule has 0 amide bonds. The van der Waals surface area contributed by atoms with E-state index in [4.69, 9.17) is 14.2 Å². The molecule has 0 spiro atoms. The van der Waals surface area contributed by atoms with Gasteiger partial charge in [-0.3, -0.25) is 0 Å². The molecule has 0 aromatic rings. The average Bonchev–Trinajstić information content (AvgIpc) is 2.52. The molecule has 1 unspecified atom stereocenters. The first-order chi connectivity index (χ1) is 11.5. The summed E-state index contributed by atoms with van der Waals surface area (Å²) < 4.78 is 17.4. The summed E-state index contributed by atoms with van der Waals surface area (Å²) in [6.07, 6.45) is 5.15. The zero-order chi connectivity index (χ0) is 19.0. The van der Waals surface area contributed by atoms with Crippen LogP contribution in [0.2, 0.25) is 0 Å². The number of hydrogen-bond acceptors (Lipinski definition) is 4. The summed E-state index contributed by atoms with van der Waals surface area (Å²) in [6.45, 7) is 14.2. The Morgan fingerprint density at radius 3 is 2.56 bits per heavy atom. The molecule has 2 aliphatic rings. The fourth-order valence-corrected chi connectivity index (χ4v) is 4.15. The summed E-state index contributed by atoms with van der Waals surface area (Å²) in [5, 5.41) is 0. The number of esters is 1. The van der Waals surface area contributed by atoms with E-state index < -0.39 is 5.79 Å². The fourth-order valence-electron chi connectivity index (χ4n) is 4.15. The normalized spacial score (nSPS) is 28.2. The third-order valence-electron chi connectivity index (χ3n) is 5.79. The van der Waals surface area contributed by atoms with Gasteiger partial charge in [0.15, 0.2) is 0 Å². The van der Waals surface area contributed by atoms with E-state index in [0.717, 1.165) is 18.6 Å². The van der Waals surface area contributed by atoms with Crippen LogP contribution in [0, 0.1) is 17.8 Å². The second-order valence-electron chi connectivity index (χ2n) is 8.42. The van der Waals surface area contributed by atoms with Crippen LogP contribution in [0.4, 0.5) is 0 Å². The molecule has 0 fully saturated rings. The van der Waals surface area contributed by atoms with Crippen molar-refractivity contribution in [2.45, 2.75) is 79.1 Å². The maximum Gasteiger partial charge on any atom is 0.340 e. The number of allylic oxidation sites excluding steroid dienone is 3. The zero-order valence-corrected chi connectivity index (χ0v) is 17.1. The van der Waals surface area contributed by atoms with E-state index in [9.17, 15) is 4.79 Å². The highest BCUT2D eigenvalue weighted by atomic mass is 16.7. The smallest absolute Gasteiger partial charge is 0.340 e. The Balaban J connectivity index is 2.45. The Bertz CT molecular complexity index is 583. The summed E-state index contributed by atoms with van der Waals surface area (Å²) >= 11 is 0. The molecule has 25 heavy (non-hydrogen) atoms. The van der Waals surface area contributed by atoms with Crippen LogP contribution in [0.15, 0.2) is 23.0 Å². The zero-order valence-electron chi connectivity index (χ0n) is 17.1. The monoisotopic (exact) mass is 350 g/mol. The summed E-state index contributed by atoms with van der Waals surface area (Å²) in [6, 6.07) is 0. The van der Waals surface area contributed by atoms with Gasteiger partial charge in [-0.2, -0.15) is 0 Å². The molecule has 3 atom stereocenters. The molecule has 2 rings (SSSR count). The van der Waals surface area contributed by atoms with E-state index in [-0.39, 0.29) is 23.4 Å². The number of cyclic esters (lactones) is 1. The number of methoxy groups -OCH3 is 1. The van der Waals surface area contributed by atoms with Crippen molar-refractivity contribution in [2.75, 3.05) is 7.11 Å². The summed E-state index contributed by atoms with van der Waals surface area (Å²) in [5.74, 6) is 0.348. The lowest BCUT2D eigenvalue weighted by Gasteiger charge is -2.44. The van der Waals surface area contributed by atoms with Gasteiger partial charge in [0.25, 0.3) is 0 Å². The van der Waals surface area contributed by atoms with Gasteiger partial charge in [0.2, 0.25) is 5.79 Å². The number of rotatable bonds is 5. The average molecular weight is 350 g/mol. The Labute approximate surface area is 152 Å². The molecule has 0 aromatic carbocycles. The second-order valence-corrected chi connectivity index (χ2v) is 8.42. The van der Waals surface area contributed by atoms with E-state index >= 15 is 0 Å². The van der Waals surface area contributed by atoms with Gasteiger partial charge >= 0.3 is 5.97 Å². The van der Waals surface area contributed by atoms with E-state index in [1.54, 1.807) is 21.0 Å². The second kappa shape index (κ2) is 7.14. The quantitative estimate of drug-likeness (QED) is 0.517. The summed E-state index contributed by atoms with van der Waals surface area (Å²) in [7, 11) is 1.78. The van der Waals surface area contributed by atoms with E-state index in [0.29, 0.717) is 17.9 Å². The first-order valence-electron chi connectivity index (χ1n) is 9.40. The fraction of sp³-hybridized carbons (Fsp3) is 0.762. The third-order valence-corrected chi connectivity index (χ3v) is 5.79. The van der Waals surface area contributed by atoms with Crippen LogP contribution in [0.5, 0.6) is 0 Å². The first-order valence-corrected chi connectivity index (χ1v) is 9.40. The maximum absolute atomic E-state index is 12.4. The predicted octanol–water partition coefficient (Wildman–Crippen LogP) is 4.99. The van der Waals surface area contributed by atoms with Crippen LogP contribution < -0.4 is 0 Å². The minimum absolute atomic E-state index is 0.0942. The van der Waals surface area contributed by atoms with Crippen molar-refractivity contribution >= 4 is 5.97 Å². The number of carbonyl (C=O) groups is 1. The maximum atomic E-state index is 12.4. The Kier molecular flexibility index (Phi) is 5.72. The molecule has 0 N–H and O–H groups in total. The molecule has 0 saturated carbocycles. The SMILES string of the molecule is CCC1=C(C(C)[C@@H]2C=C(C)CC[C@H]2C(C)(C)OC)OC(C)(C)OC1=O. The van der Waals surface area contributed by atoms with Crippen molar-refractivity contribution in [1.29, 1.82) is 0 Å². The van der Waals surface area contributed by atoms with Crippen molar-refractivity contribution in [3.05, 3.63) is 23.0 Å². The largest absolute Gasteiger partial charge is 0.456 e. The predicted molar refractivity (Wildman–Crippen MR) is 98.8 cm³/mol. The minimum atomic E-state index is -0.918. The van der Waals surface area contributed by atoms with E-state index in [1.807, 2.05) is 6.92 Å². The Morgan fingerprint density at radius 2 is 2.00 bits per heavy atom. The molecular formula is C21H34O4. The third kappa shape index (κ3) is 4.11. The number of hydrogen-bond donors (Lipinski definition) is 0. The van der Waals surface area contributed by atoms with Gasteiger partial charge in [-0.1, -0.05) is 25.5 Å². The Morgan fingerprint density at radius 1 is 1.36 bits per heavy atom. The van der Waals surface area contributed by atoms with Gasteiger partial charge in [-0.15, -0.1) is 0 Å². The standard InChI is InChI=1S/C21H34O4/c1-9-15-18(24-21(6,7)25-19(15)22)14(3)16-12-13(2)10-11-17(16)20(4,5)23-8/h12,14,16-17H,9-11H2,1-8H3/t14?,16-,17+/m0/s1. The number of carbonyl (C=O) groups excluding carboxylic acids is 1. The van der Waals surface area contributed by atoms with Crippen molar-refractivity contribution in [3.8, 4) is 0 Å². The van der Waals surface area contributed by atoms with Crippen LogP contribution in [-0.2, 0) is 19.0 Å². The summed E-state index contributed by atoms with van der Waals surface area (Å²) in [5.41, 5.74) is 1.84. The van der Waals surface area contributed by atoms with Crippen molar-refractivity contribution in [3.63, 3.8) is 0 Å². The van der Waals surface area contributed by atoms with Gasteiger partial charge in [-0.25, -0.2) is 4.79 Å². The molecule has 0 bridgehead atoms. The molecule has 0 radical (unpaired) electrons. The van der Waals surface area contributed by atoms with Crippen LogP contribution in [0.1, 0.15) is 67.7 Å². The highest BCUT2D eigenvalue weighted by Crippen LogP contribution is 2.45. The van der Waals surface area contributed by atoms with Crippen LogP contribution >= 0.6 is 0 Å². The van der Waals surface area contributed by atoms with Crippen LogP contribution in [-0.4, -0.2) is 24.5 Å². The van der Waals surface area contributed by atoms with Crippen molar-refractivity contribution in [2.24, 2.45) is 17.8 Å². The molecule has 1 heterocycles. The summed E-state index contributed by atoms with van der Waals surface area (Å²) in [4.78, 5) is 12.4. The molecule has 1 aliphatic heterocycles. The van der Waals surface area contributed by atoms with Crippen LogP contribution in [0.3, 0.4) is 0 Å². The molecule has 142 valence electrons. The molecule has 1 aliphatic carbocycles. The van der Waals surface area contributed by atoms with Gasteiger partial charge in [0.1, 0.15) is 5.76 Å². The lowest BCUT2D eigenvalue weighted by Crippen LogP contribution is -2.44.